The van der Waals surface area contributed by atoms with Crippen LogP contribution in [0, 0.1) is 12.8 Å². The van der Waals surface area contributed by atoms with Gasteiger partial charge >= 0.3 is 0 Å². The van der Waals surface area contributed by atoms with E-state index in [1.807, 2.05) is 31.2 Å². The SMILES string of the molecule is Cc1oc(-c2ccccc2Cl)nc1CSCC(=O)N[C@H]1CCCC[C@H]1C. The average Bonchev–Trinajstić information content (AvgIpc) is 2.98. The van der Waals surface area contributed by atoms with E-state index < -0.39 is 0 Å². The van der Waals surface area contributed by atoms with Gasteiger partial charge in [0.15, 0.2) is 0 Å². The number of halogens is 1. The monoisotopic (exact) mass is 392 g/mol. The summed E-state index contributed by atoms with van der Waals surface area (Å²) in [6.07, 6.45) is 4.80. The second-order valence-corrected chi connectivity index (χ2v) is 8.32. The van der Waals surface area contributed by atoms with Crippen molar-refractivity contribution >= 4 is 29.3 Å². The van der Waals surface area contributed by atoms with E-state index in [9.17, 15) is 4.79 Å². The number of hydrogen-bond acceptors (Lipinski definition) is 4. The third-order valence-electron chi connectivity index (χ3n) is 4.93. The number of thioether (sulfide) groups is 1. The first-order valence-electron chi connectivity index (χ1n) is 9.13. The van der Waals surface area contributed by atoms with Gasteiger partial charge in [-0.2, -0.15) is 0 Å². The molecule has 0 spiro atoms. The van der Waals surface area contributed by atoms with E-state index in [1.54, 1.807) is 11.8 Å². The van der Waals surface area contributed by atoms with Gasteiger partial charge in [0, 0.05) is 11.8 Å². The predicted molar refractivity (Wildman–Crippen MR) is 107 cm³/mol. The van der Waals surface area contributed by atoms with Crippen molar-refractivity contribution < 1.29 is 9.21 Å². The Balaban J connectivity index is 1.52. The largest absolute Gasteiger partial charge is 0.441 e. The van der Waals surface area contributed by atoms with Crippen molar-refractivity contribution in [3.8, 4) is 11.5 Å². The molecule has 1 saturated carbocycles. The summed E-state index contributed by atoms with van der Waals surface area (Å²) in [5.41, 5.74) is 1.65. The number of hydrogen-bond donors (Lipinski definition) is 1. The van der Waals surface area contributed by atoms with Crippen molar-refractivity contribution in [1.29, 1.82) is 0 Å². The molecule has 4 nitrogen and oxygen atoms in total. The summed E-state index contributed by atoms with van der Waals surface area (Å²) in [6, 6.07) is 7.83. The molecule has 140 valence electrons. The number of oxazole rings is 1. The van der Waals surface area contributed by atoms with Gasteiger partial charge in [0.25, 0.3) is 0 Å². The highest BCUT2D eigenvalue weighted by atomic mass is 35.5. The minimum Gasteiger partial charge on any atom is -0.441 e. The maximum Gasteiger partial charge on any atom is 0.230 e. The zero-order valence-corrected chi connectivity index (χ0v) is 16.8. The Hall–Kier alpha value is -1.46. The molecule has 3 rings (SSSR count). The molecule has 1 aliphatic rings. The van der Waals surface area contributed by atoms with Crippen LogP contribution in [0.3, 0.4) is 0 Å². The molecule has 1 aliphatic carbocycles. The van der Waals surface area contributed by atoms with E-state index in [2.05, 4.69) is 17.2 Å². The van der Waals surface area contributed by atoms with Crippen LogP contribution in [0.5, 0.6) is 0 Å². The lowest BCUT2D eigenvalue weighted by molar-refractivity contribution is -0.119. The fourth-order valence-corrected chi connectivity index (χ4v) is 4.38. The lowest BCUT2D eigenvalue weighted by Crippen LogP contribution is -2.41. The Morgan fingerprint density at radius 3 is 2.88 bits per heavy atom. The summed E-state index contributed by atoms with van der Waals surface area (Å²) >= 11 is 7.78. The molecule has 0 bridgehead atoms. The van der Waals surface area contributed by atoms with Gasteiger partial charge in [-0.15, -0.1) is 11.8 Å². The molecule has 6 heteroatoms. The van der Waals surface area contributed by atoms with E-state index in [1.165, 1.54) is 19.3 Å². The second kappa shape index (κ2) is 8.96. The minimum absolute atomic E-state index is 0.112. The third-order valence-corrected chi connectivity index (χ3v) is 6.20. The second-order valence-electron chi connectivity index (χ2n) is 6.93. The molecule has 26 heavy (non-hydrogen) atoms. The highest BCUT2D eigenvalue weighted by molar-refractivity contribution is 7.99. The van der Waals surface area contributed by atoms with Crippen molar-refractivity contribution in [2.45, 2.75) is 51.3 Å². The predicted octanol–water partition coefficient (Wildman–Crippen LogP) is 5.23. The molecular formula is C20H25ClN2O2S. The van der Waals surface area contributed by atoms with Crippen LogP contribution in [-0.4, -0.2) is 22.7 Å². The molecule has 1 heterocycles. The van der Waals surface area contributed by atoms with Gasteiger partial charge in [0.2, 0.25) is 11.8 Å². The molecule has 0 aliphatic heterocycles. The molecule has 1 fully saturated rings. The molecule has 2 atom stereocenters. The Morgan fingerprint density at radius 1 is 1.35 bits per heavy atom. The Morgan fingerprint density at radius 2 is 2.12 bits per heavy atom. The van der Waals surface area contributed by atoms with E-state index in [-0.39, 0.29) is 5.91 Å². The fourth-order valence-electron chi connectivity index (χ4n) is 3.33. The Bertz CT molecular complexity index is 762. The summed E-state index contributed by atoms with van der Waals surface area (Å²) in [7, 11) is 0. The van der Waals surface area contributed by atoms with Gasteiger partial charge < -0.3 is 9.73 Å². The smallest absolute Gasteiger partial charge is 0.230 e. The maximum absolute atomic E-state index is 12.2. The third kappa shape index (κ3) is 4.83. The van der Waals surface area contributed by atoms with Crippen molar-refractivity contribution in [2.24, 2.45) is 5.92 Å². The number of aromatic nitrogens is 1. The molecule has 1 N–H and O–H groups in total. The van der Waals surface area contributed by atoms with Crippen molar-refractivity contribution in [3.05, 3.63) is 40.7 Å². The highest BCUT2D eigenvalue weighted by Crippen LogP contribution is 2.29. The van der Waals surface area contributed by atoms with Crippen LogP contribution in [0.1, 0.15) is 44.1 Å². The highest BCUT2D eigenvalue weighted by Gasteiger charge is 2.22. The number of nitrogens with one attached hydrogen (secondary N) is 1. The van der Waals surface area contributed by atoms with Crippen LogP contribution in [-0.2, 0) is 10.5 Å². The van der Waals surface area contributed by atoms with Crippen molar-refractivity contribution in [2.75, 3.05) is 5.75 Å². The van der Waals surface area contributed by atoms with Crippen molar-refractivity contribution in [1.82, 2.24) is 10.3 Å². The first-order chi connectivity index (χ1) is 12.5. The van der Waals surface area contributed by atoms with Gasteiger partial charge in [-0.3, -0.25) is 4.79 Å². The van der Waals surface area contributed by atoms with Crippen LogP contribution >= 0.6 is 23.4 Å². The summed E-state index contributed by atoms with van der Waals surface area (Å²) < 4.78 is 5.77. The first-order valence-corrected chi connectivity index (χ1v) is 10.7. The van der Waals surface area contributed by atoms with Gasteiger partial charge in [0.05, 0.1) is 22.0 Å². The number of rotatable bonds is 6. The maximum atomic E-state index is 12.2. The topological polar surface area (TPSA) is 55.1 Å². The number of aryl methyl sites for hydroxylation is 1. The number of nitrogens with zero attached hydrogens (tertiary/aromatic N) is 1. The minimum atomic E-state index is 0.112. The summed E-state index contributed by atoms with van der Waals surface area (Å²) in [4.78, 5) is 16.8. The van der Waals surface area contributed by atoms with E-state index in [0.29, 0.717) is 34.4 Å². The first kappa shape index (κ1) is 19.3. The number of amides is 1. The molecule has 1 amide bonds. The number of benzene rings is 1. The van der Waals surface area contributed by atoms with Crippen LogP contribution in [0.25, 0.3) is 11.5 Å². The van der Waals surface area contributed by atoms with Crippen LogP contribution in [0.4, 0.5) is 0 Å². The molecule has 0 radical (unpaired) electrons. The van der Waals surface area contributed by atoms with E-state index in [4.69, 9.17) is 16.0 Å². The molecule has 0 unspecified atom stereocenters. The van der Waals surface area contributed by atoms with E-state index in [0.717, 1.165) is 23.4 Å². The summed E-state index contributed by atoms with van der Waals surface area (Å²) in [5, 5.41) is 3.81. The average molecular weight is 393 g/mol. The lowest BCUT2D eigenvalue weighted by Gasteiger charge is -2.29. The Kier molecular flexibility index (Phi) is 6.65. The molecular weight excluding hydrogens is 368 g/mol. The molecule has 1 aromatic carbocycles. The van der Waals surface area contributed by atoms with Gasteiger partial charge in [-0.25, -0.2) is 4.98 Å². The van der Waals surface area contributed by atoms with Gasteiger partial charge in [-0.1, -0.05) is 43.5 Å². The number of carbonyl (C=O) groups excluding carboxylic acids is 1. The summed E-state index contributed by atoms with van der Waals surface area (Å²) in [6.45, 7) is 4.12. The zero-order chi connectivity index (χ0) is 18.5. The van der Waals surface area contributed by atoms with E-state index >= 15 is 0 Å². The summed E-state index contributed by atoms with van der Waals surface area (Å²) in [5.74, 6) is 3.08. The van der Waals surface area contributed by atoms with Crippen LogP contribution < -0.4 is 5.32 Å². The van der Waals surface area contributed by atoms with Gasteiger partial charge in [0.1, 0.15) is 5.76 Å². The zero-order valence-electron chi connectivity index (χ0n) is 15.3. The van der Waals surface area contributed by atoms with Crippen molar-refractivity contribution in [3.63, 3.8) is 0 Å². The van der Waals surface area contributed by atoms with Crippen LogP contribution in [0.15, 0.2) is 28.7 Å². The Labute approximate surface area is 164 Å². The fraction of sp³-hybridized carbons (Fsp3) is 0.500. The normalized spacial score (nSPS) is 20.1. The molecule has 0 saturated heterocycles. The standard InChI is InChI=1S/C20H25ClN2O2S/c1-13-7-3-6-10-17(13)22-19(24)12-26-11-18-14(2)25-20(23-18)15-8-4-5-9-16(15)21/h4-5,8-9,13,17H,3,6-7,10-12H2,1-2H3,(H,22,24)/t13-,17+/m1/s1. The molecule has 2 aromatic rings. The molecule has 1 aromatic heterocycles. The number of carbonyl (C=O) groups is 1. The van der Waals surface area contributed by atoms with Crippen LogP contribution in [0.2, 0.25) is 5.02 Å². The lowest BCUT2D eigenvalue weighted by atomic mass is 9.86. The van der Waals surface area contributed by atoms with Gasteiger partial charge in [-0.05, 0) is 37.8 Å². The quantitative estimate of drug-likeness (QED) is 0.731.